The molecule has 3 aliphatic heterocycles. The highest BCUT2D eigenvalue weighted by Gasteiger charge is 2.36. The Hall–Kier alpha value is -13.1. The van der Waals surface area contributed by atoms with Crippen molar-refractivity contribution in [3.8, 4) is 0 Å². The van der Waals surface area contributed by atoms with Gasteiger partial charge in [0, 0.05) is 168 Å². The molecule has 12 aromatic rings. The Bertz CT molecular complexity index is 6460. The third-order valence-electron chi connectivity index (χ3n) is 24.0. The Kier molecular flexibility index (Phi) is 30.4. The van der Waals surface area contributed by atoms with Gasteiger partial charge in [0.2, 0.25) is 29.0 Å². The third kappa shape index (κ3) is 23.3. The molecule has 18 rings (SSSR count). The number of fused-ring (bicyclic) bond motifs is 6. The number of anilines is 6. The molecule has 0 bridgehead atoms. The van der Waals surface area contributed by atoms with Gasteiger partial charge in [0.25, 0.3) is 0 Å². The molecule has 706 valence electrons. The molecule has 6 aromatic heterocycles. The molecule has 0 radical (unpaired) electrons. The predicted octanol–water partition coefficient (Wildman–Crippen LogP) is 12.8. The molecule has 37 heteroatoms. The Morgan fingerprint density at radius 2 is 0.881 bits per heavy atom. The number of nitrogens with zero attached hydrogens (tertiary/aromatic N) is 17. The Morgan fingerprint density at radius 1 is 0.474 bits per heavy atom. The fourth-order valence-electron chi connectivity index (χ4n) is 17.0. The van der Waals surface area contributed by atoms with Gasteiger partial charge in [-0.05, 0) is 193 Å². The number of carbonyl (C=O) groups excluding carboxylic acids is 5. The van der Waals surface area contributed by atoms with E-state index in [9.17, 15) is 28.4 Å². The topological polar surface area (TPSA) is 367 Å². The van der Waals surface area contributed by atoms with E-state index in [0.717, 1.165) is 157 Å². The number of nitrogens with one attached hydrogen (secondary N) is 5. The summed E-state index contributed by atoms with van der Waals surface area (Å²) < 4.78 is 74.0. The summed E-state index contributed by atoms with van der Waals surface area (Å²) >= 11 is 5.88. The molecule has 0 saturated carbocycles. The van der Waals surface area contributed by atoms with Crippen LogP contribution in [-0.4, -0.2) is 289 Å². The minimum Gasteiger partial charge on any atom is -0.442 e. The standard InChI is InChI=1S/C34H39FN8O4.C30H32FN7O2.C22H25ClFN5O2.C12H15N3O2/c1-34(2,3)47-33(45)43-28-17-22(10-9-21(28)18-37-43)38-32-36-19-26(35)30(40-32)25-12-11-24-23(25)7-6-8-27(24)39-31(44)29(20-46-5)42-15-13-41(4)14-16-42;1-37-10-12-38(13-11-37)27(18-40-2)30(39)34-25-5-3-4-21-22(25)8-9-23(21)29-24(31)17-32-28(35-29)15-19-6-7-20-16-33-36-26(20)14-19;1-28-8-10-29(11-9-28)19(13-31-2)21(30)26-18-5-3-4-14-15(18)6-7-16(14)20-17(24)12-25-22(23)27-20;1-12(2,3)17-11(16)15-10-6-9(13)5-4-8(10)7-14-15/h6-10,12,17-19,29H,11,13-16,20H2,1-5H3,(H,39,44)(H,36,38,40);3-7,9,14,16-17,27H,8,10-13,15,18H2,1-2H3,(H,33,36)(H,34,39);3-5,7,12,19H,6,8-11,13H2,1-2H3,(H,26,30);4-7H,13H2,1-3H3/t29-;27-;19-;/m111./s1. The van der Waals surface area contributed by atoms with Crippen molar-refractivity contribution in [1.82, 2.24) is 89.1 Å². The smallest absolute Gasteiger partial charge is 0.435 e. The van der Waals surface area contributed by atoms with Crippen LogP contribution >= 0.6 is 11.6 Å². The normalized spacial score (nSPS) is 16.1. The van der Waals surface area contributed by atoms with Gasteiger partial charge >= 0.3 is 12.2 Å². The predicted molar refractivity (Wildman–Crippen MR) is 512 cm³/mol. The van der Waals surface area contributed by atoms with Crippen LogP contribution in [0.15, 0.2) is 165 Å². The number of ether oxygens (including phenoxy) is 5. The first-order valence-electron chi connectivity index (χ1n) is 44.6. The van der Waals surface area contributed by atoms with Crippen LogP contribution in [0.3, 0.4) is 0 Å². The highest BCUT2D eigenvalue weighted by molar-refractivity contribution is 6.28. The van der Waals surface area contributed by atoms with E-state index in [0.29, 0.717) is 95.2 Å². The number of nitrogen functional groups attached to an aromatic ring is 1. The van der Waals surface area contributed by atoms with Gasteiger partial charge in [-0.1, -0.05) is 66.8 Å². The van der Waals surface area contributed by atoms with Crippen molar-refractivity contribution < 1.29 is 60.8 Å². The van der Waals surface area contributed by atoms with Gasteiger partial charge in [0.15, 0.2) is 17.5 Å². The summed E-state index contributed by atoms with van der Waals surface area (Å²) in [4.78, 5) is 103. The average molecular weight is 1860 g/mol. The van der Waals surface area contributed by atoms with E-state index in [-0.39, 0.29) is 64.7 Å². The average Bonchev–Trinajstić information content (AvgIpc) is 1.64. The van der Waals surface area contributed by atoms with Crippen molar-refractivity contribution in [2.75, 3.05) is 168 Å². The molecule has 9 heterocycles. The fraction of sp³-hybridized carbons (Fsp3) is 0.367. The van der Waals surface area contributed by atoms with Crippen LogP contribution in [0, 0.1) is 17.5 Å². The van der Waals surface area contributed by atoms with Crippen LogP contribution < -0.4 is 27.0 Å². The molecule has 33 nitrogen and oxygen atoms in total. The number of methoxy groups -OCH3 is 3. The molecular formula is C98H111ClF3N23O10. The van der Waals surface area contributed by atoms with Gasteiger partial charge in [-0.25, -0.2) is 52.7 Å². The maximum atomic E-state index is 15.3. The van der Waals surface area contributed by atoms with Gasteiger partial charge in [0.1, 0.15) is 52.2 Å². The molecule has 3 fully saturated rings. The number of allylic oxidation sites excluding steroid dienone is 3. The number of amides is 3. The molecule has 3 saturated heterocycles. The molecule has 0 spiro atoms. The van der Waals surface area contributed by atoms with Gasteiger partial charge in [-0.3, -0.25) is 34.2 Å². The van der Waals surface area contributed by atoms with Gasteiger partial charge < -0.3 is 65.4 Å². The second-order valence-corrected chi connectivity index (χ2v) is 36.2. The molecule has 0 unspecified atom stereocenters. The lowest BCUT2D eigenvalue weighted by molar-refractivity contribution is -0.124. The first-order chi connectivity index (χ1) is 64.8. The van der Waals surface area contributed by atoms with Gasteiger partial charge in [-0.15, -0.1) is 0 Å². The molecule has 6 aliphatic rings. The maximum Gasteiger partial charge on any atom is 0.435 e. The van der Waals surface area contributed by atoms with Crippen molar-refractivity contribution in [2.24, 2.45) is 0 Å². The molecule has 3 amide bonds. The zero-order valence-corrected chi connectivity index (χ0v) is 78.3. The summed E-state index contributed by atoms with van der Waals surface area (Å²) in [6.07, 6.45) is 15.2. The summed E-state index contributed by atoms with van der Waals surface area (Å²) in [6.45, 7) is 21.9. The number of nitrogens with two attached hydrogens (primary N) is 1. The SMILES string of the molecule is CC(C)(C)OC(=O)n1ncc2ccc(N)cc21.COC[C@H](C(=O)Nc1cccc2c1CC=C2c1nc(Cc2ccc3cn[nH]c3c2)ncc1F)N1CCN(C)CC1.COC[C@H](C(=O)Nc1cccc2c1CC=C2c1nc(Cl)ncc1F)N1CCN(C)CC1.COC[C@H](C(=O)Nc1cccc2c1CC=C2c1nc(Nc2ccc3cnn(C(=O)OC(C)(C)C)c3c2)ncc1F)N1CCN(C)CC1. The van der Waals surface area contributed by atoms with Crippen LogP contribution in [0.5, 0.6) is 0 Å². The number of carbonyl (C=O) groups is 5. The van der Waals surface area contributed by atoms with Crippen molar-refractivity contribution in [3.63, 3.8) is 0 Å². The number of rotatable bonds is 22. The summed E-state index contributed by atoms with van der Waals surface area (Å²) in [5, 5.41) is 30.3. The molecule has 3 atom stereocenters. The number of aromatic nitrogens is 12. The molecule has 135 heavy (non-hydrogen) atoms. The second-order valence-electron chi connectivity index (χ2n) is 35.8. The molecule has 7 N–H and O–H groups in total. The van der Waals surface area contributed by atoms with Crippen molar-refractivity contribution >= 4 is 125 Å². The lowest BCUT2D eigenvalue weighted by Crippen LogP contribution is -2.54. The van der Waals surface area contributed by atoms with Crippen LogP contribution in [0.2, 0.25) is 5.28 Å². The monoisotopic (exact) mass is 1860 g/mol. The van der Waals surface area contributed by atoms with E-state index in [1.807, 2.05) is 124 Å². The number of aromatic amines is 1. The fourth-order valence-corrected chi connectivity index (χ4v) is 17.1. The zero-order valence-electron chi connectivity index (χ0n) is 77.5. The highest BCUT2D eigenvalue weighted by Crippen LogP contribution is 2.41. The van der Waals surface area contributed by atoms with E-state index in [1.165, 1.54) is 15.6 Å². The van der Waals surface area contributed by atoms with Crippen molar-refractivity contribution in [3.05, 3.63) is 249 Å². The van der Waals surface area contributed by atoms with Gasteiger partial charge in [-0.2, -0.15) is 24.7 Å². The summed E-state index contributed by atoms with van der Waals surface area (Å²) in [6, 6.07) is 32.4. The number of piperazine rings is 3. The number of halogens is 4. The Morgan fingerprint density at radius 3 is 1.33 bits per heavy atom. The first-order valence-corrected chi connectivity index (χ1v) is 45.0. The van der Waals surface area contributed by atoms with E-state index in [2.05, 4.69) is 122 Å². The first kappa shape index (κ1) is 96.4. The van der Waals surface area contributed by atoms with Crippen LogP contribution in [0.1, 0.15) is 103 Å². The number of hydrogen-bond acceptors (Lipinski definition) is 27. The largest absolute Gasteiger partial charge is 0.442 e. The molecule has 3 aliphatic carbocycles. The van der Waals surface area contributed by atoms with Crippen LogP contribution in [0.4, 0.5) is 57.1 Å². The lowest BCUT2D eigenvalue weighted by Gasteiger charge is -2.36. The van der Waals surface area contributed by atoms with Crippen molar-refractivity contribution in [1.29, 1.82) is 0 Å². The molecule has 6 aromatic carbocycles. The number of hydrogen-bond donors (Lipinski definition) is 6. The highest BCUT2D eigenvalue weighted by atomic mass is 35.5. The maximum absolute atomic E-state index is 15.3. The van der Waals surface area contributed by atoms with Crippen LogP contribution in [-0.2, 0) is 63.8 Å². The Balaban J connectivity index is 0.000000144. The van der Waals surface area contributed by atoms with E-state index < -0.39 is 46.9 Å². The summed E-state index contributed by atoms with van der Waals surface area (Å²) in [5.74, 6) is -1.21. The second kappa shape index (κ2) is 42.6. The van der Waals surface area contributed by atoms with Crippen LogP contribution in [0.25, 0.3) is 49.4 Å². The molecular weight excluding hydrogens is 1750 g/mol. The summed E-state index contributed by atoms with van der Waals surface area (Å²) in [5.41, 5.74) is 18.7. The minimum atomic E-state index is -0.680. The van der Waals surface area contributed by atoms with E-state index in [4.69, 9.17) is 41.0 Å². The van der Waals surface area contributed by atoms with Gasteiger partial charge in [0.05, 0.1) is 73.6 Å². The Labute approximate surface area is 784 Å². The number of benzene rings is 6. The zero-order chi connectivity index (χ0) is 95.5. The third-order valence-corrected chi connectivity index (χ3v) is 24.1. The van der Waals surface area contributed by atoms with Crippen molar-refractivity contribution in [2.45, 2.75) is 96.6 Å². The quantitative estimate of drug-likeness (QED) is 0.0271. The van der Waals surface area contributed by atoms with E-state index in [1.54, 1.807) is 85.0 Å². The number of likely N-dealkylation sites (N-methyl/N-ethyl adjacent to an activating group) is 3. The minimum absolute atomic E-state index is 0.00945. The number of H-pyrrole nitrogens is 1. The van der Waals surface area contributed by atoms with E-state index >= 15 is 8.78 Å². The summed E-state index contributed by atoms with van der Waals surface area (Å²) in [7, 11) is 11.1. The lowest BCUT2D eigenvalue weighted by atomic mass is 10.0.